The molecular formula is C25H16ClF6N3O2. The van der Waals surface area contributed by atoms with E-state index in [2.05, 4.69) is 10.4 Å². The van der Waals surface area contributed by atoms with Crippen LogP contribution in [0.4, 0.5) is 32.0 Å². The third-order valence-electron chi connectivity index (χ3n) is 5.36. The van der Waals surface area contributed by atoms with Crippen molar-refractivity contribution in [2.24, 2.45) is 0 Å². The minimum absolute atomic E-state index is 0.0405. The van der Waals surface area contributed by atoms with E-state index in [-0.39, 0.29) is 28.5 Å². The maximum Gasteiger partial charge on any atom is 0.416 e. The van der Waals surface area contributed by atoms with Crippen molar-refractivity contribution in [3.63, 3.8) is 0 Å². The summed E-state index contributed by atoms with van der Waals surface area (Å²) in [7, 11) is 0. The Hall–Kier alpha value is -3.99. The summed E-state index contributed by atoms with van der Waals surface area (Å²) in [5.41, 5.74) is -0.131. The maximum atomic E-state index is 13.2. The lowest BCUT2D eigenvalue weighted by atomic mass is 10.1. The van der Waals surface area contributed by atoms with Gasteiger partial charge in [0.2, 0.25) is 0 Å². The highest BCUT2D eigenvalue weighted by molar-refractivity contribution is 6.30. The number of nitrogens with zero attached hydrogens (tertiary/aromatic N) is 2. The number of rotatable bonds is 6. The smallest absolute Gasteiger partial charge is 0.416 e. The van der Waals surface area contributed by atoms with Crippen molar-refractivity contribution < 1.29 is 36.2 Å². The zero-order chi connectivity index (χ0) is 27.0. The summed E-state index contributed by atoms with van der Waals surface area (Å²) in [6.45, 7) is -0.0405. The Bertz CT molecular complexity index is 1430. The highest BCUT2D eigenvalue weighted by atomic mass is 35.5. The van der Waals surface area contributed by atoms with Crippen LogP contribution in [-0.4, -0.2) is 20.9 Å². The Morgan fingerprint density at radius 1 is 0.892 bits per heavy atom. The number of carbonyl (C=O) groups is 1. The van der Waals surface area contributed by atoms with E-state index in [1.165, 1.54) is 47.1 Å². The number of carboxylic acid groups (broad SMARTS) is 1. The van der Waals surface area contributed by atoms with Crippen molar-refractivity contribution in [2.45, 2.75) is 18.9 Å². The Kier molecular flexibility index (Phi) is 6.92. The van der Waals surface area contributed by atoms with Crippen LogP contribution in [0.2, 0.25) is 5.02 Å². The standard InChI is InChI=1S/C25H16ClF6N3O2/c26-19-9-18(25(30,31)32)10-20(11-19)33-12-16-13-35(21-7-3-15(4-8-21)23(36)37)34-22(16)14-1-5-17(6-2-14)24(27,28)29/h1-11,13,33H,12H2,(H,36,37). The molecule has 2 N–H and O–H groups in total. The predicted octanol–water partition coefficient (Wildman–Crippen LogP) is 7.54. The second-order valence-electron chi connectivity index (χ2n) is 7.95. The van der Waals surface area contributed by atoms with Gasteiger partial charge in [0.1, 0.15) is 0 Å². The third kappa shape index (κ3) is 6.05. The summed E-state index contributed by atoms with van der Waals surface area (Å²) in [5.74, 6) is -1.12. The Morgan fingerprint density at radius 2 is 1.51 bits per heavy atom. The van der Waals surface area contributed by atoms with E-state index in [0.717, 1.165) is 24.3 Å². The van der Waals surface area contributed by atoms with Gasteiger partial charge in [-0.2, -0.15) is 31.4 Å². The fourth-order valence-electron chi connectivity index (χ4n) is 3.54. The predicted molar refractivity (Wildman–Crippen MR) is 125 cm³/mol. The minimum Gasteiger partial charge on any atom is -0.478 e. The molecule has 0 aliphatic rings. The van der Waals surface area contributed by atoms with Gasteiger partial charge < -0.3 is 10.4 Å². The van der Waals surface area contributed by atoms with Gasteiger partial charge in [0, 0.05) is 34.6 Å². The van der Waals surface area contributed by atoms with Gasteiger partial charge in [-0.3, -0.25) is 0 Å². The number of hydrogen-bond donors (Lipinski definition) is 2. The fraction of sp³-hybridized carbons (Fsp3) is 0.120. The van der Waals surface area contributed by atoms with Gasteiger partial charge >= 0.3 is 18.3 Å². The normalized spacial score (nSPS) is 12.0. The van der Waals surface area contributed by atoms with E-state index in [9.17, 15) is 31.1 Å². The Balaban J connectivity index is 1.71. The van der Waals surface area contributed by atoms with Crippen LogP contribution in [0, 0.1) is 0 Å². The molecule has 0 atom stereocenters. The average molecular weight is 540 g/mol. The summed E-state index contributed by atoms with van der Waals surface area (Å²) in [6, 6.07) is 13.0. The van der Waals surface area contributed by atoms with Gasteiger partial charge in [-0.05, 0) is 54.6 Å². The van der Waals surface area contributed by atoms with Crippen LogP contribution in [0.15, 0.2) is 72.9 Å². The lowest BCUT2D eigenvalue weighted by molar-refractivity contribution is -0.138. The van der Waals surface area contributed by atoms with Gasteiger partial charge in [-0.25, -0.2) is 9.48 Å². The molecule has 4 aromatic rings. The van der Waals surface area contributed by atoms with Crippen LogP contribution >= 0.6 is 11.6 Å². The van der Waals surface area contributed by atoms with Crippen LogP contribution in [-0.2, 0) is 18.9 Å². The molecule has 5 nitrogen and oxygen atoms in total. The number of halogens is 7. The zero-order valence-electron chi connectivity index (χ0n) is 18.5. The molecule has 4 rings (SSSR count). The van der Waals surface area contributed by atoms with Crippen molar-refractivity contribution in [3.05, 3.63) is 100 Å². The largest absolute Gasteiger partial charge is 0.478 e. The molecule has 0 bridgehead atoms. The molecule has 0 spiro atoms. The number of aromatic nitrogens is 2. The molecular weight excluding hydrogens is 524 g/mol. The Morgan fingerprint density at radius 3 is 2.08 bits per heavy atom. The number of carboxylic acids is 1. The highest BCUT2D eigenvalue weighted by Crippen LogP contribution is 2.34. The first-order valence-corrected chi connectivity index (χ1v) is 10.9. The highest BCUT2D eigenvalue weighted by Gasteiger charge is 2.31. The summed E-state index contributed by atoms with van der Waals surface area (Å²) in [5, 5.41) is 16.3. The van der Waals surface area contributed by atoms with Crippen molar-refractivity contribution in [2.75, 3.05) is 5.32 Å². The molecule has 0 aliphatic heterocycles. The van der Waals surface area contributed by atoms with Crippen LogP contribution in [0.1, 0.15) is 27.0 Å². The Labute approximate surface area is 210 Å². The molecule has 0 unspecified atom stereocenters. The molecule has 3 aromatic carbocycles. The SMILES string of the molecule is O=C(O)c1ccc(-n2cc(CNc3cc(Cl)cc(C(F)(F)F)c3)c(-c3ccc(C(F)(F)F)cc3)n2)cc1. The molecule has 1 aromatic heterocycles. The molecule has 192 valence electrons. The van der Waals surface area contributed by atoms with E-state index >= 15 is 0 Å². The molecule has 37 heavy (non-hydrogen) atoms. The van der Waals surface area contributed by atoms with Crippen molar-refractivity contribution in [1.29, 1.82) is 0 Å². The maximum absolute atomic E-state index is 13.2. The second kappa shape index (κ2) is 9.81. The number of hydrogen-bond acceptors (Lipinski definition) is 3. The molecule has 0 saturated carbocycles. The first-order chi connectivity index (χ1) is 17.3. The minimum atomic E-state index is -4.61. The quantitative estimate of drug-likeness (QED) is 0.248. The topological polar surface area (TPSA) is 67.2 Å². The lowest BCUT2D eigenvalue weighted by Gasteiger charge is -2.12. The fourth-order valence-corrected chi connectivity index (χ4v) is 3.78. The number of alkyl halides is 6. The first kappa shape index (κ1) is 26.1. The van der Waals surface area contributed by atoms with Gasteiger partial charge in [-0.1, -0.05) is 23.7 Å². The second-order valence-corrected chi connectivity index (χ2v) is 8.39. The summed E-state index contributed by atoms with van der Waals surface area (Å²) in [6.07, 6.45) is -7.60. The lowest BCUT2D eigenvalue weighted by Crippen LogP contribution is -2.07. The molecule has 0 saturated heterocycles. The van der Waals surface area contributed by atoms with Gasteiger partial charge in [0.25, 0.3) is 0 Å². The molecule has 0 radical (unpaired) electrons. The van der Waals surface area contributed by atoms with Gasteiger partial charge in [-0.15, -0.1) is 0 Å². The van der Waals surface area contributed by atoms with Crippen LogP contribution in [0.25, 0.3) is 16.9 Å². The van der Waals surface area contributed by atoms with E-state index < -0.39 is 29.4 Å². The van der Waals surface area contributed by atoms with E-state index in [1.54, 1.807) is 6.20 Å². The summed E-state index contributed by atoms with van der Waals surface area (Å²) >= 11 is 5.85. The van der Waals surface area contributed by atoms with Crippen molar-refractivity contribution in [1.82, 2.24) is 9.78 Å². The number of anilines is 1. The molecule has 1 heterocycles. The number of nitrogens with one attached hydrogen (secondary N) is 1. The van der Waals surface area contributed by atoms with Crippen LogP contribution in [0.5, 0.6) is 0 Å². The zero-order valence-corrected chi connectivity index (χ0v) is 19.3. The summed E-state index contributed by atoms with van der Waals surface area (Å²) < 4.78 is 79.9. The molecule has 0 fully saturated rings. The average Bonchev–Trinajstić information content (AvgIpc) is 3.26. The van der Waals surface area contributed by atoms with Crippen molar-refractivity contribution in [3.8, 4) is 16.9 Å². The number of benzene rings is 3. The van der Waals surface area contributed by atoms with E-state index in [0.29, 0.717) is 16.8 Å². The monoisotopic (exact) mass is 539 g/mol. The van der Waals surface area contributed by atoms with Gasteiger partial charge in [0.05, 0.1) is 28.1 Å². The molecule has 0 amide bonds. The molecule has 0 aliphatic carbocycles. The van der Waals surface area contributed by atoms with Gasteiger partial charge in [0.15, 0.2) is 0 Å². The number of aromatic carboxylic acids is 1. The first-order valence-electron chi connectivity index (χ1n) is 10.5. The van der Waals surface area contributed by atoms with Crippen molar-refractivity contribution >= 4 is 23.3 Å². The summed E-state index contributed by atoms with van der Waals surface area (Å²) in [4.78, 5) is 11.1. The van der Waals surface area contributed by atoms with E-state index in [4.69, 9.17) is 16.7 Å². The molecule has 12 heteroatoms. The van der Waals surface area contributed by atoms with E-state index in [1.807, 2.05) is 0 Å². The van der Waals surface area contributed by atoms with Crippen LogP contribution in [0.3, 0.4) is 0 Å². The third-order valence-corrected chi connectivity index (χ3v) is 5.58. The van der Waals surface area contributed by atoms with Crippen LogP contribution < -0.4 is 5.32 Å².